The molecule has 29 heavy (non-hydrogen) atoms. The van der Waals surface area contributed by atoms with Crippen LogP contribution in [0.2, 0.25) is 0 Å². The molecule has 0 spiro atoms. The number of nitrogens with zero attached hydrogens (tertiary/aromatic N) is 2. The Morgan fingerprint density at radius 1 is 1.24 bits per heavy atom. The van der Waals surface area contributed by atoms with Crippen LogP contribution in [-0.4, -0.2) is 35.0 Å². The maximum atomic E-state index is 12.7. The van der Waals surface area contributed by atoms with Gasteiger partial charge in [0.25, 0.3) is 11.8 Å². The van der Waals surface area contributed by atoms with Gasteiger partial charge < -0.3 is 14.7 Å². The summed E-state index contributed by atoms with van der Waals surface area (Å²) < 4.78 is 5.27. The van der Waals surface area contributed by atoms with Gasteiger partial charge in [-0.2, -0.15) is 0 Å². The third-order valence-electron chi connectivity index (χ3n) is 5.21. The van der Waals surface area contributed by atoms with E-state index >= 15 is 0 Å². The fourth-order valence-electron chi connectivity index (χ4n) is 3.50. The molecule has 4 rings (SSSR count). The third-order valence-corrected chi connectivity index (χ3v) is 7.16. The molecule has 152 valence electrons. The van der Waals surface area contributed by atoms with Crippen LogP contribution in [0.25, 0.3) is 0 Å². The Hall–Kier alpha value is -2.45. The number of aromatic nitrogens is 1. The zero-order valence-corrected chi connectivity index (χ0v) is 17.9. The van der Waals surface area contributed by atoms with Crippen molar-refractivity contribution in [1.29, 1.82) is 0 Å². The van der Waals surface area contributed by atoms with E-state index in [0.29, 0.717) is 19.6 Å². The second-order valence-corrected chi connectivity index (χ2v) is 9.13. The second-order valence-electron chi connectivity index (χ2n) is 7.10. The van der Waals surface area contributed by atoms with Gasteiger partial charge in [-0.15, -0.1) is 22.7 Å². The number of aryl methyl sites for hydroxylation is 1. The van der Waals surface area contributed by atoms with Crippen LogP contribution in [0, 0.1) is 0 Å². The largest absolute Gasteiger partial charge is 0.351 e. The van der Waals surface area contributed by atoms with E-state index < -0.39 is 0 Å². The van der Waals surface area contributed by atoms with Crippen molar-refractivity contribution >= 4 is 34.5 Å². The molecular formula is C21H23N3O3S2. The van der Waals surface area contributed by atoms with Crippen molar-refractivity contribution in [2.75, 3.05) is 13.1 Å². The Morgan fingerprint density at radius 2 is 2.07 bits per heavy atom. The van der Waals surface area contributed by atoms with E-state index in [4.69, 9.17) is 4.52 Å². The average Bonchev–Trinajstić information content (AvgIpc) is 3.53. The highest BCUT2D eigenvalue weighted by molar-refractivity contribution is 7.10. The average molecular weight is 430 g/mol. The zero-order chi connectivity index (χ0) is 20.2. The van der Waals surface area contributed by atoms with E-state index in [-0.39, 0.29) is 23.5 Å². The number of rotatable bonds is 6. The first-order chi connectivity index (χ1) is 14.1. The van der Waals surface area contributed by atoms with E-state index in [2.05, 4.69) is 17.4 Å². The summed E-state index contributed by atoms with van der Waals surface area (Å²) in [7, 11) is 0. The quantitative estimate of drug-likeness (QED) is 0.634. The molecule has 1 saturated heterocycles. The van der Waals surface area contributed by atoms with Gasteiger partial charge in [-0.3, -0.25) is 9.59 Å². The molecule has 0 radical (unpaired) electrons. The zero-order valence-electron chi connectivity index (χ0n) is 16.2. The van der Waals surface area contributed by atoms with Gasteiger partial charge >= 0.3 is 0 Å². The Morgan fingerprint density at radius 3 is 2.76 bits per heavy atom. The first kappa shape index (κ1) is 19.8. The molecule has 6 nitrogen and oxygen atoms in total. The Labute approximate surface area is 177 Å². The van der Waals surface area contributed by atoms with Gasteiger partial charge in [-0.25, -0.2) is 0 Å². The number of thiophene rings is 2. The standard InChI is InChI=1S/C21H23N3O3S2/c1-2-16-10-15(13-29-16)21(26)24-7-5-14(6-8-24)18-11-19(27-23-18)20(25)22-12-17-4-3-9-28-17/h3-4,9-11,13-14H,2,5-8,12H2,1H3,(H,22,25). The number of carbonyl (C=O) groups is 2. The summed E-state index contributed by atoms with van der Waals surface area (Å²) in [5.74, 6) is 0.290. The third kappa shape index (κ3) is 4.59. The minimum absolute atomic E-state index is 0.105. The van der Waals surface area contributed by atoms with Crippen molar-refractivity contribution < 1.29 is 14.1 Å². The van der Waals surface area contributed by atoms with Gasteiger partial charge in [-0.05, 0) is 36.8 Å². The van der Waals surface area contributed by atoms with Crippen molar-refractivity contribution in [3.63, 3.8) is 0 Å². The molecule has 3 aromatic rings. The summed E-state index contributed by atoms with van der Waals surface area (Å²) in [5, 5.41) is 10.9. The molecule has 0 aromatic carbocycles. The normalized spacial score (nSPS) is 14.9. The first-order valence-electron chi connectivity index (χ1n) is 9.78. The topological polar surface area (TPSA) is 75.4 Å². The van der Waals surface area contributed by atoms with Crippen LogP contribution >= 0.6 is 22.7 Å². The van der Waals surface area contributed by atoms with Crippen LogP contribution < -0.4 is 5.32 Å². The van der Waals surface area contributed by atoms with Crippen molar-refractivity contribution in [2.24, 2.45) is 0 Å². The van der Waals surface area contributed by atoms with Crippen LogP contribution in [0.3, 0.4) is 0 Å². The van der Waals surface area contributed by atoms with Crippen LogP contribution in [0.1, 0.15) is 62.0 Å². The van der Waals surface area contributed by atoms with Gasteiger partial charge in [-0.1, -0.05) is 18.1 Å². The minimum atomic E-state index is -0.256. The summed E-state index contributed by atoms with van der Waals surface area (Å²) >= 11 is 3.24. The summed E-state index contributed by atoms with van der Waals surface area (Å²) in [6.45, 7) is 3.96. The maximum absolute atomic E-state index is 12.7. The predicted molar refractivity (Wildman–Crippen MR) is 114 cm³/mol. The lowest BCUT2D eigenvalue weighted by atomic mass is 9.93. The van der Waals surface area contributed by atoms with Crippen LogP contribution in [-0.2, 0) is 13.0 Å². The molecule has 8 heteroatoms. The van der Waals surface area contributed by atoms with Crippen LogP contribution in [0.4, 0.5) is 0 Å². The molecule has 0 unspecified atom stereocenters. The summed E-state index contributed by atoms with van der Waals surface area (Å²) in [5.41, 5.74) is 1.58. The highest BCUT2D eigenvalue weighted by atomic mass is 32.1. The van der Waals surface area contributed by atoms with Crippen molar-refractivity contribution in [3.8, 4) is 0 Å². The number of likely N-dealkylation sites (tertiary alicyclic amines) is 1. The maximum Gasteiger partial charge on any atom is 0.290 e. The van der Waals surface area contributed by atoms with Crippen molar-refractivity contribution in [3.05, 3.63) is 61.8 Å². The highest BCUT2D eigenvalue weighted by Gasteiger charge is 2.27. The molecule has 0 atom stereocenters. The van der Waals surface area contributed by atoms with Gasteiger partial charge in [0, 0.05) is 40.2 Å². The van der Waals surface area contributed by atoms with E-state index in [1.807, 2.05) is 33.9 Å². The van der Waals surface area contributed by atoms with Gasteiger partial charge in [0.2, 0.25) is 5.76 Å². The summed E-state index contributed by atoms with van der Waals surface area (Å²) in [4.78, 5) is 29.2. The molecule has 0 aliphatic carbocycles. The number of nitrogens with one attached hydrogen (secondary N) is 1. The Balaban J connectivity index is 1.30. The number of hydrogen-bond acceptors (Lipinski definition) is 6. The lowest BCUT2D eigenvalue weighted by Crippen LogP contribution is -2.37. The molecule has 1 aliphatic heterocycles. The second kappa shape index (κ2) is 8.92. The van der Waals surface area contributed by atoms with Gasteiger partial charge in [0.1, 0.15) is 0 Å². The Bertz CT molecular complexity index is 969. The van der Waals surface area contributed by atoms with E-state index in [9.17, 15) is 9.59 Å². The number of carbonyl (C=O) groups excluding carboxylic acids is 2. The fourth-order valence-corrected chi connectivity index (χ4v) is 4.95. The molecule has 2 amide bonds. The van der Waals surface area contributed by atoms with Crippen LogP contribution in [0.5, 0.6) is 0 Å². The molecule has 1 fully saturated rings. The van der Waals surface area contributed by atoms with Crippen molar-refractivity contribution in [1.82, 2.24) is 15.4 Å². The molecular weight excluding hydrogens is 406 g/mol. The Kier molecular flexibility index (Phi) is 6.10. The molecule has 1 N–H and O–H groups in total. The lowest BCUT2D eigenvalue weighted by Gasteiger charge is -2.30. The number of piperidine rings is 1. The first-order valence-corrected chi connectivity index (χ1v) is 11.5. The summed E-state index contributed by atoms with van der Waals surface area (Å²) in [6.07, 6.45) is 2.59. The van der Waals surface area contributed by atoms with Gasteiger partial charge in [0.15, 0.2) is 0 Å². The molecule has 4 heterocycles. The van der Waals surface area contributed by atoms with E-state index in [0.717, 1.165) is 35.4 Å². The monoisotopic (exact) mass is 429 g/mol. The van der Waals surface area contributed by atoms with Gasteiger partial charge in [0.05, 0.1) is 17.8 Å². The smallest absolute Gasteiger partial charge is 0.290 e. The number of amides is 2. The van der Waals surface area contributed by atoms with Crippen molar-refractivity contribution in [2.45, 2.75) is 38.6 Å². The molecule has 0 bridgehead atoms. The highest BCUT2D eigenvalue weighted by Crippen LogP contribution is 2.29. The number of hydrogen-bond donors (Lipinski definition) is 1. The molecule has 3 aromatic heterocycles. The van der Waals surface area contributed by atoms with E-state index in [1.54, 1.807) is 28.7 Å². The lowest BCUT2D eigenvalue weighted by molar-refractivity contribution is 0.0711. The predicted octanol–water partition coefficient (Wildman–Crippen LogP) is 4.31. The summed E-state index contributed by atoms with van der Waals surface area (Å²) in [6, 6.07) is 7.66. The fraction of sp³-hybridized carbons (Fsp3) is 0.381. The van der Waals surface area contributed by atoms with E-state index in [1.165, 1.54) is 4.88 Å². The minimum Gasteiger partial charge on any atom is -0.351 e. The molecule has 0 saturated carbocycles. The SMILES string of the molecule is CCc1cc(C(=O)N2CCC(c3cc(C(=O)NCc4cccs4)on3)CC2)cs1. The van der Waals surface area contributed by atoms with Crippen LogP contribution in [0.15, 0.2) is 39.5 Å². The molecule has 1 aliphatic rings.